The molecule has 0 radical (unpaired) electrons. The van der Waals surface area contributed by atoms with Crippen molar-refractivity contribution in [3.63, 3.8) is 0 Å². The number of hydrogen-bond donors (Lipinski definition) is 0. The third-order valence-electron chi connectivity index (χ3n) is 1.75. The Balaban J connectivity index is 4.57. The molecule has 0 aliphatic rings. The van der Waals surface area contributed by atoms with Crippen LogP contribution in [-0.4, -0.2) is 5.71 Å². The monoisotopic (exact) mass is 177 g/mol. The van der Waals surface area contributed by atoms with Gasteiger partial charge in [0.2, 0.25) is 0 Å². The Morgan fingerprint density at radius 3 is 2.38 bits per heavy atom. The molecule has 72 valence electrons. The zero-order valence-electron chi connectivity index (χ0n) is 9.04. The summed E-state index contributed by atoms with van der Waals surface area (Å²) in [7, 11) is 0. The highest BCUT2D eigenvalue weighted by molar-refractivity contribution is 5.98. The molecular weight excluding hydrogens is 158 g/mol. The highest BCUT2D eigenvalue weighted by Gasteiger charge is 1.95. The van der Waals surface area contributed by atoms with Crippen molar-refractivity contribution in [1.29, 1.82) is 0 Å². The summed E-state index contributed by atoms with van der Waals surface area (Å²) in [5.41, 5.74) is 2.38. The van der Waals surface area contributed by atoms with Crippen LogP contribution in [0.15, 0.2) is 41.1 Å². The summed E-state index contributed by atoms with van der Waals surface area (Å²) < 4.78 is 0. The SMILES string of the molecule is C\C=C/C=C(CC)\C(C)=N\C=C/C. The van der Waals surface area contributed by atoms with Crippen LogP contribution in [0.5, 0.6) is 0 Å². The average Bonchev–Trinajstić information content (AvgIpc) is 2.16. The molecule has 0 aromatic heterocycles. The third kappa shape index (κ3) is 5.18. The molecule has 0 aliphatic heterocycles. The van der Waals surface area contributed by atoms with Gasteiger partial charge in [0.25, 0.3) is 0 Å². The van der Waals surface area contributed by atoms with Crippen LogP contribution in [0, 0.1) is 0 Å². The highest BCUT2D eigenvalue weighted by atomic mass is 14.7. The van der Waals surface area contributed by atoms with E-state index in [-0.39, 0.29) is 0 Å². The molecule has 0 bridgehead atoms. The molecule has 0 fully saturated rings. The molecule has 0 aromatic carbocycles. The first kappa shape index (κ1) is 11.9. The molecule has 13 heavy (non-hydrogen) atoms. The predicted molar refractivity (Wildman–Crippen MR) is 61.1 cm³/mol. The van der Waals surface area contributed by atoms with Crippen molar-refractivity contribution in [3.8, 4) is 0 Å². The van der Waals surface area contributed by atoms with Crippen LogP contribution in [0.4, 0.5) is 0 Å². The van der Waals surface area contributed by atoms with E-state index in [4.69, 9.17) is 0 Å². The molecule has 0 N–H and O–H groups in total. The van der Waals surface area contributed by atoms with Gasteiger partial charge in [-0.25, -0.2) is 0 Å². The van der Waals surface area contributed by atoms with Gasteiger partial charge in [0, 0.05) is 11.9 Å². The molecule has 0 saturated carbocycles. The summed E-state index contributed by atoms with van der Waals surface area (Å²) in [5.74, 6) is 0. The van der Waals surface area contributed by atoms with Gasteiger partial charge in [-0.15, -0.1) is 0 Å². The second-order valence-electron chi connectivity index (χ2n) is 2.77. The quantitative estimate of drug-likeness (QED) is 0.456. The van der Waals surface area contributed by atoms with E-state index < -0.39 is 0 Å². The molecule has 0 aromatic rings. The van der Waals surface area contributed by atoms with Gasteiger partial charge in [-0.3, -0.25) is 4.99 Å². The van der Waals surface area contributed by atoms with Crippen molar-refractivity contribution in [2.45, 2.75) is 34.1 Å². The molecule has 1 nitrogen and oxygen atoms in total. The van der Waals surface area contributed by atoms with Crippen LogP contribution in [0.3, 0.4) is 0 Å². The van der Waals surface area contributed by atoms with E-state index in [1.807, 2.05) is 45.2 Å². The van der Waals surface area contributed by atoms with Crippen molar-refractivity contribution in [3.05, 3.63) is 36.1 Å². The van der Waals surface area contributed by atoms with Crippen LogP contribution < -0.4 is 0 Å². The van der Waals surface area contributed by atoms with E-state index in [1.165, 1.54) is 5.57 Å². The Kier molecular flexibility index (Phi) is 6.89. The fourth-order valence-electron chi connectivity index (χ4n) is 0.976. The largest absolute Gasteiger partial charge is 0.262 e. The average molecular weight is 177 g/mol. The lowest BCUT2D eigenvalue weighted by Gasteiger charge is -2.00. The second-order valence-corrected chi connectivity index (χ2v) is 2.77. The number of nitrogens with zero attached hydrogens (tertiary/aromatic N) is 1. The van der Waals surface area contributed by atoms with Gasteiger partial charge in [0.05, 0.1) is 0 Å². The first-order valence-electron chi connectivity index (χ1n) is 4.74. The Morgan fingerprint density at radius 2 is 1.92 bits per heavy atom. The summed E-state index contributed by atoms with van der Waals surface area (Å²) in [5, 5.41) is 0. The summed E-state index contributed by atoms with van der Waals surface area (Å²) in [6.07, 6.45) is 11.0. The van der Waals surface area contributed by atoms with Gasteiger partial charge in [0.1, 0.15) is 0 Å². The van der Waals surface area contributed by atoms with Crippen LogP contribution in [0.2, 0.25) is 0 Å². The number of rotatable bonds is 4. The molecule has 1 heteroatoms. The van der Waals surface area contributed by atoms with Gasteiger partial charge in [0.15, 0.2) is 0 Å². The van der Waals surface area contributed by atoms with E-state index in [1.54, 1.807) is 0 Å². The zero-order valence-corrected chi connectivity index (χ0v) is 9.04. The fourth-order valence-corrected chi connectivity index (χ4v) is 0.976. The molecule has 0 saturated heterocycles. The first-order valence-corrected chi connectivity index (χ1v) is 4.74. The maximum atomic E-state index is 4.30. The van der Waals surface area contributed by atoms with Crippen LogP contribution in [-0.2, 0) is 0 Å². The van der Waals surface area contributed by atoms with Crippen molar-refractivity contribution in [2.75, 3.05) is 0 Å². The molecule has 0 amide bonds. The van der Waals surface area contributed by atoms with E-state index >= 15 is 0 Å². The smallest absolute Gasteiger partial charge is 0.0404 e. The molecule has 0 spiro atoms. The summed E-state index contributed by atoms with van der Waals surface area (Å²) in [6.45, 7) is 8.17. The lowest BCUT2D eigenvalue weighted by molar-refractivity contribution is 1.16. The van der Waals surface area contributed by atoms with Crippen molar-refractivity contribution < 1.29 is 0 Å². The molecule has 0 aliphatic carbocycles. The fraction of sp³-hybridized carbons (Fsp3) is 0.417. The molecule has 0 heterocycles. The lowest BCUT2D eigenvalue weighted by atomic mass is 10.1. The van der Waals surface area contributed by atoms with E-state index in [0.717, 1.165) is 12.1 Å². The molecule has 0 rings (SSSR count). The second kappa shape index (κ2) is 7.53. The molecular formula is C12H19N. The first-order chi connectivity index (χ1) is 6.26. The van der Waals surface area contributed by atoms with Gasteiger partial charge in [-0.1, -0.05) is 31.2 Å². The standard InChI is InChI=1S/C12H19N/c1-5-8-9-12(7-3)11(4)13-10-6-2/h5-6,8-10H,7H2,1-4H3/b8-5-,10-6-,12-9-,13-11+. The lowest BCUT2D eigenvalue weighted by Crippen LogP contribution is -1.94. The van der Waals surface area contributed by atoms with Gasteiger partial charge >= 0.3 is 0 Å². The Bertz CT molecular complexity index is 242. The van der Waals surface area contributed by atoms with Gasteiger partial charge in [-0.2, -0.15) is 0 Å². The highest BCUT2D eigenvalue weighted by Crippen LogP contribution is 2.04. The van der Waals surface area contributed by atoms with Gasteiger partial charge in [-0.05, 0) is 32.8 Å². The number of hydrogen-bond acceptors (Lipinski definition) is 1. The minimum atomic E-state index is 1.03. The minimum Gasteiger partial charge on any atom is -0.262 e. The molecule has 0 unspecified atom stereocenters. The van der Waals surface area contributed by atoms with Crippen LogP contribution in [0.1, 0.15) is 34.1 Å². The maximum Gasteiger partial charge on any atom is 0.0404 e. The minimum absolute atomic E-state index is 1.03. The maximum absolute atomic E-state index is 4.30. The Hall–Kier alpha value is -1.11. The number of aliphatic imine (C=N–C) groups is 1. The van der Waals surface area contributed by atoms with E-state index in [0.29, 0.717) is 0 Å². The van der Waals surface area contributed by atoms with Crippen molar-refractivity contribution in [1.82, 2.24) is 0 Å². The third-order valence-corrected chi connectivity index (χ3v) is 1.75. The Morgan fingerprint density at radius 1 is 1.23 bits per heavy atom. The predicted octanol–water partition coefficient (Wildman–Crippen LogP) is 3.89. The topological polar surface area (TPSA) is 12.4 Å². The van der Waals surface area contributed by atoms with Gasteiger partial charge < -0.3 is 0 Å². The van der Waals surface area contributed by atoms with Crippen LogP contribution in [0.25, 0.3) is 0 Å². The summed E-state index contributed by atoms with van der Waals surface area (Å²) in [4.78, 5) is 4.30. The number of allylic oxidation sites excluding steroid dienone is 5. The summed E-state index contributed by atoms with van der Waals surface area (Å²) >= 11 is 0. The Labute approximate surface area is 81.6 Å². The normalized spacial score (nSPS) is 14.8. The van der Waals surface area contributed by atoms with E-state index in [2.05, 4.69) is 18.0 Å². The summed E-state index contributed by atoms with van der Waals surface area (Å²) in [6, 6.07) is 0. The van der Waals surface area contributed by atoms with E-state index in [9.17, 15) is 0 Å². The zero-order chi connectivity index (χ0) is 10.1. The van der Waals surface area contributed by atoms with Crippen LogP contribution >= 0.6 is 0 Å². The van der Waals surface area contributed by atoms with Crippen molar-refractivity contribution >= 4 is 5.71 Å². The van der Waals surface area contributed by atoms with Crippen molar-refractivity contribution in [2.24, 2.45) is 4.99 Å². The molecule has 0 atom stereocenters.